The van der Waals surface area contributed by atoms with Crippen molar-refractivity contribution in [1.29, 1.82) is 0 Å². The minimum Gasteiger partial charge on any atom is -0.477 e. The van der Waals surface area contributed by atoms with Crippen LogP contribution in [0.3, 0.4) is 0 Å². The van der Waals surface area contributed by atoms with Crippen LogP contribution in [0.1, 0.15) is 20.3 Å². The third-order valence-corrected chi connectivity index (χ3v) is 7.60. The summed E-state index contributed by atoms with van der Waals surface area (Å²) in [6.07, 6.45) is 0.0454. The van der Waals surface area contributed by atoms with Crippen LogP contribution >= 0.6 is 24.0 Å². The summed E-state index contributed by atoms with van der Waals surface area (Å²) in [5, 5.41) is 23.2. The maximum absolute atomic E-state index is 12.4. The van der Waals surface area contributed by atoms with Gasteiger partial charge < -0.3 is 25.3 Å². The molecule has 0 aromatic rings. The summed E-state index contributed by atoms with van der Waals surface area (Å²) >= 11 is 6.97. The highest BCUT2D eigenvalue weighted by atomic mass is 32.2. The third-order valence-electron chi connectivity index (χ3n) is 5.43. The van der Waals surface area contributed by atoms with Crippen molar-refractivity contribution in [2.45, 2.75) is 43.7 Å². The maximum atomic E-state index is 12.4. The van der Waals surface area contributed by atoms with Crippen molar-refractivity contribution >= 4 is 40.8 Å². The standard InChI is InChI=1S/C17H25N3O4S2/c1-7-12-11(8(2)21)15(22)20(12)13(17(23)24)14(7)26-9-5-10(18-6-9)16(25)19(3)4/h7-12,18,21H,5-6H2,1-4H3,(H,23,24)/t7-,8-,9+,10+,11-,12-/m1/s1. The van der Waals surface area contributed by atoms with Gasteiger partial charge in [-0.25, -0.2) is 4.79 Å². The molecule has 0 bridgehead atoms. The molecule has 144 valence electrons. The summed E-state index contributed by atoms with van der Waals surface area (Å²) in [5.41, 5.74) is 0.0908. The molecule has 0 aliphatic carbocycles. The Labute approximate surface area is 162 Å². The zero-order valence-corrected chi connectivity index (χ0v) is 16.9. The quantitative estimate of drug-likeness (QED) is 0.454. The van der Waals surface area contributed by atoms with Gasteiger partial charge in [-0.05, 0) is 13.3 Å². The van der Waals surface area contributed by atoms with Gasteiger partial charge in [-0.15, -0.1) is 11.8 Å². The molecule has 0 saturated carbocycles. The number of aliphatic carboxylic acids is 1. The van der Waals surface area contributed by atoms with Gasteiger partial charge in [0, 0.05) is 36.7 Å². The Morgan fingerprint density at radius 1 is 1.46 bits per heavy atom. The summed E-state index contributed by atoms with van der Waals surface area (Å²) in [7, 11) is 3.84. The van der Waals surface area contributed by atoms with E-state index in [0.29, 0.717) is 0 Å². The predicted octanol–water partition coefficient (Wildman–Crippen LogP) is 0.493. The van der Waals surface area contributed by atoms with Crippen LogP contribution in [-0.2, 0) is 9.59 Å². The molecule has 7 nitrogen and oxygen atoms in total. The largest absolute Gasteiger partial charge is 0.477 e. The number of thiocarbonyl (C=S) groups is 1. The number of likely N-dealkylation sites (N-methyl/N-ethyl adjacent to an activating group) is 1. The fraction of sp³-hybridized carbons (Fsp3) is 0.706. The first-order valence-electron chi connectivity index (χ1n) is 8.75. The molecule has 0 aromatic carbocycles. The van der Waals surface area contributed by atoms with Gasteiger partial charge in [0.05, 0.1) is 29.1 Å². The Morgan fingerprint density at radius 2 is 2.12 bits per heavy atom. The fourth-order valence-electron chi connectivity index (χ4n) is 4.15. The number of nitrogens with zero attached hydrogens (tertiary/aromatic N) is 2. The highest BCUT2D eigenvalue weighted by molar-refractivity contribution is 8.03. The molecule has 9 heteroatoms. The maximum Gasteiger partial charge on any atom is 0.353 e. The van der Waals surface area contributed by atoms with Gasteiger partial charge in [-0.1, -0.05) is 19.1 Å². The topological polar surface area (TPSA) is 93.1 Å². The number of nitrogens with one attached hydrogen (secondary N) is 1. The molecule has 3 aliphatic rings. The SMILES string of the molecule is C[C@@H](O)[C@H]1C(=O)N2C(C(=O)O)=C(S[C@@H]3CN[C@H](C(=S)N(C)C)C3)[C@H](C)[C@H]12. The molecule has 2 fully saturated rings. The van der Waals surface area contributed by atoms with Crippen molar-refractivity contribution in [3.8, 4) is 0 Å². The summed E-state index contributed by atoms with van der Waals surface area (Å²) in [6.45, 7) is 4.28. The molecule has 0 unspecified atom stereocenters. The monoisotopic (exact) mass is 399 g/mol. The summed E-state index contributed by atoms with van der Waals surface area (Å²) in [6, 6.07) is -0.156. The Morgan fingerprint density at radius 3 is 2.65 bits per heavy atom. The number of carbonyl (C=O) groups is 2. The number of carbonyl (C=O) groups excluding carboxylic acids is 1. The van der Waals surface area contributed by atoms with Crippen molar-refractivity contribution in [3.05, 3.63) is 10.6 Å². The molecule has 26 heavy (non-hydrogen) atoms. The summed E-state index contributed by atoms with van der Waals surface area (Å²) in [4.78, 5) is 29.1. The van der Waals surface area contributed by atoms with Crippen LogP contribution in [-0.4, -0.2) is 81.0 Å². The van der Waals surface area contributed by atoms with Crippen molar-refractivity contribution in [2.24, 2.45) is 11.8 Å². The number of aliphatic hydroxyl groups excluding tert-OH is 1. The van der Waals surface area contributed by atoms with E-state index in [0.717, 1.165) is 22.9 Å². The minimum atomic E-state index is -1.08. The van der Waals surface area contributed by atoms with Gasteiger partial charge in [0.2, 0.25) is 5.91 Å². The van der Waals surface area contributed by atoms with Crippen LogP contribution in [0.15, 0.2) is 10.6 Å². The van der Waals surface area contributed by atoms with Gasteiger partial charge >= 0.3 is 5.97 Å². The number of rotatable bonds is 5. The molecule has 3 N–H and O–H groups in total. The van der Waals surface area contributed by atoms with Crippen LogP contribution in [0.2, 0.25) is 0 Å². The molecule has 3 rings (SSSR count). The predicted molar refractivity (Wildman–Crippen MR) is 104 cm³/mol. The van der Waals surface area contributed by atoms with E-state index in [1.54, 1.807) is 6.92 Å². The first kappa shape index (κ1) is 19.6. The van der Waals surface area contributed by atoms with Crippen molar-refractivity contribution < 1.29 is 19.8 Å². The van der Waals surface area contributed by atoms with Crippen LogP contribution in [0.4, 0.5) is 0 Å². The number of fused-ring (bicyclic) bond motifs is 1. The number of hydrogen-bond acceptors (Lipinski definition) is 6. The summed E-state index contributed by atoms with van der Waals surface area (Å²) < 4.78 is 0. The molecule has 0 spiro atoms. The van der Waals surface area contributed by atoms with E-state index in [9.17, 15) is 19.8 Å². The number of amides is 1. The van der Waals surface area contributed by atoms with Crippen molar-refractivity contribution in [2.75, 3.05) is 20.6 Å². The van der Waals surface area contributed by atoms with E-state index in [1.165, 1.54) is 16.7 Å². The Bertz CT molecular complexity index is 679. The zero-order chi connectivity index (χ0) is 19.3. The van der Waals surface area contributed by atoms with Gasteiger partial charge in [0.1, 0.15) is 5.70 Å². The lowest BCUT2D eigenvalue weighted by atomic mass is 9.79. The summed E-state index contributed by atoms with van der Waals surface area (Å²) in [5.74, 6) is -1.98. The molecule has 0 aromatic heterocycles. The Balaban J connectivity index is 1.78. The highest BCUT2D eigenvalue weighted by Crippen LogP contribution is 2.51. The fourth-order valence-corrected chi connectivity index (χ4v) is 5.81. The molecule has 6 atom stereocenters. The molecule has 0 radical (unpaired) electrons. The second-order valence-electron chi connectivity index (χ2n) is 7.44. The number of aliphatic hydroxyl groups is 1. The molecule has 3 heterocycles. The highest BCUT2D eigenvalue weighted by Gasteiger charge is 2.60. The molecule has 3 aliphatic heterocycles. The second-order valence-corrected chi connectivity index (χ2v) is 9.20. The first-order valence-corrected chi connectivity index (χ1v) is 10.0. The number of hydrogen-bond donors (Lipinski definition) is 3. The van der Waals surface area contributed by atoms with E-state index < -0.39 is 18.0 Å². The smallest absolute Gasteiger partial charge is 0.353 e. The van der Waals surface area contributed by atoms with Crippen molar-refractivity contribution in [1.82, 2.24) is 15.1 Å². The van der Waals surface area contributed by atoms with Crippen LogP contribution in [0, 0.1) is 11.8 Å². The van der Waals surface area contributed by atoms with Gasteiger partial charge in [0.25, 0.3) is 0 Å². The van der Waals surface area contributed by atoms with E-state index in [4.69, 9.17) is 12.2 Å². The van der Waals surface area contributed by atoms with Gasteiger partial charge in [-0.2, -0.15) is 0 Å². The average Bonchev–Trinajstić information content (AvgIpc) is 3.09. The molecule has 2 saturated heterocycles. The average molecular weight is 400 g/mol. The zero-order valence-electron chi connectivity index (χ0n) is 15.3. The van der Waals surface area contributed by atoms with Gasteiger partial charge in [0.15, 0.2) is 0 Å². The van der Waals surface area contributed by atoms with E-state index in [2.05, 4.69) is 5.32 Å². The molecule has 1 amide bonds. The lowest BCUT2D eigenvalue weighted by Crippen LogP contribution is -2.63. The number of thioether (sulfide) groups is 1. The lowest BCUT2D eigenvalue weighted by molar-refractivity contribution is -0.163. The van der Waals surface area contributed by atoms with E-state index in [-0.39, 0.29) is 34.9 Å². The first-order chi connectivity index (χ1) is 12.1. The Kier molecular flexibility index (Phi) is 5.35. The number of carboxylic acids is 1. The van der Waals surface area contributed by atoms with Gasteiger partial charge in [-0.3, -0.25) is 4.79 Å². The van der Waals surface area contributed by atoms with Crippen LogP contribution in [0.25, 0.3) is 0 Å². The van der Waals surface area contributed by atoms with E-state index >= 15 is 0 Å². The Hall–Kier alpha value is -1.16. The third kappa shape index (κ3) is 3.04. The normalized spacial score (nSPS) is 34.6. The van der Waals surface area contributed by atoms with Crippen LogP contribution in [0.5, 0.6) is 0 Å². The van der Waals surface area contributed by atoms with Crippen LogP contribution < -0.4 is 5.32 Å². The van der Waals surface area contributed by atoms with E-state index in [1.807, 2.05) is 25.9 Å². The molecular formula is C17H25N3O4S2. The lowest BCUT2D eigenvalue weighted by Gasteiger charge is -2.46. The minimum absolute atomic E-state index is 0.0908. The number of β-lactam (4-membered cyclic amide) rings is 1. The number of carboxylic acid groups (broad SMARTS) is 1. The second kappa shape index (κ2) is 7.10. The molecular weight excluding hydrogens is 374 g/mol. The van der Waals surface area contributed by atoms with Crippen molar-refractivity contribution in [3.63, 3.8) is 0 Å².